The number of hydrogen-bond acceptors (Lipinski definition) is 3. The van der Waals surface area contributed by atoms with Gasteiger partial charge < -0.3 is 15.2 Å². The predicted octanol–water partition coefficient (Wildman–Crippen LogP) is 2.03. The summed E-state index contributed by atoms with van der Waals surface area (Å²) < 4.78 is 5.19. The van der Waals surface area contributed by atoms with Crippen molar-refractivity contribution in [1.29, 1.82) is 0 Å². The summed E-state index contributed by atoms with van der Waals surface area (Å²) in [6.45, 7) is 4.21. The SMILES string of the molecule is COc1ccc(Cl)cc1CC(=O)NCC(C)(C)CO. The summed E-state index contributed by atoms with van der Waals surface area (Å²) in [4.78, 5) is 11.9. The second kappa shape index (κ2) is 6.78. The van der Waals surface area contributed by atoms with Crippen LogP contribution in [0.1, 0.15) is 19.4 Å². The normalized spacial score (nSPS) is 11.2. The van der Waals surface area contributed by atoms with E-state index in [2.05, 4.69) is 5.32 Å². The fourth-order valence-electron chi connectivity index (χ4n) is 1.51. The molecule has 0 heterocycles. The van der Waals surface area contributed by atoms with Crippen molar-refractivity contribution >= 4 is 17.5 Å². The van der Waals surface area contributed by atoms with Crippen LogP contribution in [-0.2, 0) is 11.2 Å². The number of amides is 1. The summed E-state index contributed by atoms with van der Waals surface area (Å²) >= 11 is 5.91. The molecule has 1 aromatic carbocycles. The van der Waals surface area contributed by atoms with Crippen LogP contribution in [0.2, 0.25) is 5.02 Å². The number of carbonyl (C=O) groups is 1. The number of nitrogens with one attached hydrogen (secondary N) is 1. The van der Waals surface area contributed by atoms with Crippen molar-refractivity contribution in [2.75, 3.05) is 20.3 Å². The van der Waals surface area contributed by atoms with Crippen molar-refractivity contribution in [2.45, 2.75) is 20.3 Å². The standard InChI is InChI=1S/C14H20ClNO3/c1-14(2,9-17)8-16-13(18)7-10-6-11(15)4-5-12(10)19-3/h4-6,17H,7-9H2,1-3H3,(H,16,18). The average Bonchev–Trinajstić information content (AvgIpc) is 2.37. The highest BCUT2D eigenvalue weighted by atomic mass is 35.5. The van der Waals surface area contributed by atoms with Crippen molar-refractivity contribution in [2.24, 2.45) is 5.41 Å². The zero-order valence-corrected chi connectivity index (χ0v) is 12.3. The van der Waals surface area contributed by atoms with Crippen LogP contribution >= 0.6 is 11.6 Å². The number of halogens is 1. The first-order valence-corrected chi connectivity index (χ1v) is 6.46. The number of aliphatic hydroxyl groups is 1. The van der Waals surface area contributed by atoms with E-state index in [0.717, 1.165) is 5.56 Å². The van der Waals surface area contributed by atoms with Gasteiger partial charge in [-0.2, -0.15) is 0 Å². The fourth-order valence-corrected chi connectivity index (χ4v) is 1.71. The molecule has 0 aliphatic heterocycles. The van der Waals surface area contributed by atoms with Gasteiger partial charge in [0.2, 0.25) is 5.91 Å². The largest absolute Gasteiger partial charge is 0.496 e. The molecule has 0 spiro atoms. The van der Waals surface area contributed by atoms with Crippen molar-refractivity contribution in [3.63, 3.8) is 0 Å². The first-order chi connectivity index (χ1) is 8.88. The van der Waals surface area contributed by atoms with Gasteiger partial charge in [-0.3, -0.25) is 4.79 Å². The van der Waals surface area contributed by atoms with Crippen LogP contribution in [0.25, 0.3) is 0 Å². The molecule has 2 N–H and O–H groups in total. The highest BCUT2D eigenvalue weighted by Crippen LogP contribution is 2.23. The minimum atomic E-state index is -0.325. The Balaban J connectivity index is 2.64. The van der Waals surface area contributed by atoms with E-state index >= 15 is 0 Å². The van der Waals surface area contributed by atoms with Crippen molar-refractivity contribution in [3.05, 3.63) is 28.8 Å². The molecule has 0 unspecified atom stereocenters. The molecular weight excluding hydrogens is 266 g/mol. The van der Waals surface area contributed by atoms with Crippen LogP contribution in [0.5, 0.6) is 5.75 Å². The molecule has 0 saturated carbocycles. The lowest BCUT2D eigenvalue weighted by molar-refractivity contribution is -0.121. The van der Waals surface area contributed by atoms with E-state index in [-0.39, 0.29) is 24.3 Å². The predicted molar refractivity (Wildman–Crippen MR) is 75.6 cm³/mol. The van der Waals surface area contributed by atoms with Gasteiger partial charge in [0, 0.05) is 29.2 Å². The average molecular weight is 286 g/mol. The number of methoxy groups -OCH3 is 1. The van der Waals surface area contributed by atoms with Gasteiger partial charge in [-0.15, -0.1) is 0 Å². The Morgan fingerprint density at radius 2 is 2.16 bits per heavy atom. The number of aliphatic hydroxyl groups excluding tert-OH is 1. The summed E-state index contributed by atoms with van der Waals surface area (Å²) in [5.41, 5.74) is 0.419. The van der Waals surface area contributed by atoms with E-state index in [4.69, 9.17) is 21.4 Å². The first-order valence-electron chi connectivity index (χ1n) is 6.08. The lowest BCUT2D eigenvalue weighted by Gasteiger charge is -2.22. The smallest absolute Gasteiger partial charge is 0.224 e. The van der Waals surface area contributed by atoms with E-state index < -0.39 is 0 Å². The van der Waals surface area contributed by atoms with Gasteiger partial charge in [0.05, 0.1) is 13.5 Å². The monoisotopic (exact) mass is 285 g/mol. The molecule has 0 bridgehead atoms. The van der Waals surface area contributed by atoms with Crippen molar-refractivity contribution in [3.8, 4) is 5.75 Å². The first kappa shape index (κ1) is 15.8. The van der Waals surface area contributed by atoms with Gasteiger partial charge in [-0.1, -0.05) is 25.4 Å². The Morgan fingerprint density at radius 1 is 1.47 bits per heavy atom. The Kier molecular flexibility index (Phi) is 5.63. The molecule has 1 rings (SSSR count). The van der Waals surface area contributed by atoms with Gasteiger partial charge in [-0.25, -0.2) is 0 Å². The third-order valence-corrected chi connectivity index (χ3v) is 3.02. The molecule has 0 radical (unpaired) electrons. The summed E-state index contributed by atoms with van der Waals surface area (Å²) in [5.74, 6) is 0.517. The third-order valence-electron chi connectivity index (χ3n) is 2.79. The molecular formula is C14H20ClNO3. The molecule has 0 aromatic heterocycles. The minimum Gasteiger partial charge on any atom is -0.496 e. The molecule has 1 amide bonds. The zero-order valence-electron chi connectivity index (χ0n) is 11.5. The molecule has 106 valence electrons. The number of carbonyl (C=O) groups excluding carboxylic acids is 1. The molecule has 1 aromatic rings. The second-order valence-electron chi connectivity index (χ2n) is 5.23. The number of benzene rings is 1. The van der Waals surface area contributed by atoms with E-state index in [1.165, 1.54) is 0 Å². The maximum absolute atomic E-state index is 11.9. The van der Waals surface area contributed by atoms with Crippen LogP contribution in [0.15, 0.2) is 18.2 Å². The maximum atomic E-state index is 11.9. The summed E-state index contributed by atoms with van der Waals surface area (Å²) in [6.07, 6.45) is 0.200. The van der Waals surface area contributed by atoms with E-state index in [1.807, 2.05) is 13.8 Å². The maximum Gasteiger partial charge on any atom is 0.224 e. The van der Waals surface area contributed by atoms with Crippen LogP contribution in [0, 0.1) is 5.41 Å². The Morgan fingerprint density at radius 3 is 2.74 bits per heavy atom. The van der Waals surface area contributed by atoms with Gasteiger partial charge in [-0.05, 0) is 18.2 Å². The highest BCUT2D eigenvalue weighted by Gasteiger charge is 2.18. The summed E-state index contributed by atoms with van der Waals surface area (Å²) in [7, 11) is 1.56. The van der Waals surface area contributed by atoms with Gasteiger partial charge in [0.15, 0.2) is 0 Å². The van der Waals surface area contributed by atoms with Gasteiger partial charge in [0.1, 0.15) is 5.75 Å². The molecule has 19 heavy (non-hydrogen) atoms. The molecule has 0 atom stereocenters. The minimum absolute atomic E-state index is 0.0216. The molecule has 0 saturated heterocycles. The Bertz CT molecular complexity index is 446. The zero-order chi connectivity index (χ0) is 14.5. The lowest BCUT2D eigenvalue weighted by atomic mass is 9.95. The van der Waals surface area contributed by atoms with Crippen LogP contribution in [0.3, 0.4) is 0 Å². The molecule has 0 aliphatic carbocycles. The second-order valence-corrected chi connectivity index (χ2v) is 5.67. The molecule has 4 nitrogen and oxygen atoms in total. The van der Waals surface area contributed by atoms with Crippen LogP contribution in [-0.4, -0.2) is 31.3 Å². The van der Waals surface area contributed by atoms with Gasteiger partial charge >= 0.3 is 0 Å². The number of rotatable bonds is 6. The molecule has 0 aliphatic rings. The van der Waals surface area contributed by atoms with E-state index in [1.54, 1.807) is 25.3 Å². The molecule has 5 heteroatoms. The van der Waals surface area contributed by atoms with Crippen LogP contribution < -0.4 is 10.1 Å². The Hall–Kier alpha value is -1.26. The van der Waals surface area contributed by atoms with Gasteiger partial charge in [0.25, 0.3) is 0 Å². The summed E-state index contributed by atoms with van der Waals surface area (Å²) in [6, 6.07) is 5.18. The Labute approximate surface area is 118 Å². The topological polar surface area (TPSA) is 58.6 Å². The quantitative estimate of drug-likeness (QED) is 0.841. The van der Waals surface area contributed by atoms with E-state index in [9.17, 15) is 4.79 Å². The number of ether oxygens (including phenoxy) is 1. The van der Waals surface area contributed by atoms with Crippen molar-refractivity contribution < 1.29 is 14.6 Å². The van der Waals surface area contributed by atoms with Crippen LogP contribution in [0.4, 0.5) is 0 Å². The third kappa shape index (κ3) is 5.09. The summed E-state index contributed by atoms with van der Waals surface area (Å²) in [5, 5.41) is 12.5. The number of hydrogen-bond donors (Lipinski definition) is 2. The molecule has 0 fully saturated rings. The van der Waals surface area contributed by atoms with E-state index in [0.29, 0.717) is 17.3 Å². The fraction of sp³-hybridized carbons (Fsp3) is 0.500. The lowest BCUT2D eigenvalue weighted by Crippen LogP contribution is -2.36. The van der Waals surface area contributed by atoms with Crippen molar-refractivity contribution in [1.82, 2.24) is 5.32 Å². The highest BCUT2D eigenvalue weighted by molar-refractivity contribution is 6.30.